The topological polar surface area (TPSA) is 19.4 Å². The van der Waals surface area contributed by atoms with Crippen LogP contribution in [0.25, 0.3) is 43.9 Å². The smallest absolute Gasteiger partial charge is 0.0750 e. The first kappa shape index (κ1) is 34.3. The van der Waals surface area contributed by atoms with Gasteiger partial charge in [-0.15, -0.1) is 0 Å². The van der Waals surface area contributed by atoms with Crippen LogP contribution in [0.15, 0.2) is 188 Å². The monoisotopic (exact) mass is 745 g/mol. The van der Waals surface area contributed by atoms with Gasteiger partial charge in [0.15, 0.2) is 0 Å². The molecule has 0 fully saturated rings. The predicted octanol–water partition coefficient (Wildman–Crippen LogP) is 14.9. The third-order valence-electron chi connectivity index (χ3n) is 12.7. The summed E-state index contributed by atoms with van der Waals surface area (Å²) in [5.41, 5.74) is 16.1. The molecule has 278 valence electrons. The molecule has 0 radical (unpaired) electrons. The Morgan fingerprint density at radius 2 is 0.759 bits per heavy atom. The van der Waals surface area contributed by atoms with E-state index < -0.39 is 0 Å². The van der Waals surface area contributed by atoms with Gasteiger partial charge in [0.05, 0.1) is 11.4 Å². The van der Waals surface area contributed by atoms with Crippen LogP contribution in [0, 0.1) is 0 Å². The summed E-state index contributed by atoms with van der Waals surface area (Å²) in [4.78, 5) is 10.4. The van der Waals surface area contributed by atoms with Crippen LogP contribution < -0.4 is 9.80 Å². The summed E-state index contributed by atoms with van der Waals surface area (Å²) in [5.74, 6) is 0. The number of rotatable bonds is 6. The molecule has 0 saturated carbocycles. The molecule has 0 saturated heterocycles. The maximum atomic E-state index is 5.66. The molecule has 0 aliphatic heterocycles. The van der Waals surface area contributed by atoms with E-state index in [1.54, 1.807) is 0 Å². The van der Waals surface area contributed by atoms with Crippen molar-refractivity contribution < 1.29 is 0 Å². The van der Waals surface area contributed by atoms with Crippen molar-refractivity contribution in [3.8, 4) is 22.4 Å². The number of hydrogen-bond donors (Lipinski definition) is 0. The minimum atomic E-state index is -0.297. The first-order valence-corrected chi connectivity index (χ1v) is 20.3. The van der Waals surface area contributed by atoms with Crippen LogP contribution in [0.4, 0.5) is 34.1 Å². The van der Waals surface area contributed by atoms with Crippen LogP contribution in [0.2, 0.25) is 0 Å². The fourth-order valence-corrected chi connectivity index (χ4v) is 9.65. The van der Waals surface area contributed by atoms with Gasteiger partial charge in [-0.3, -0.25) is 4.98 Å². The molecule has 0 amide bonds. The van der Waals surface area contributed by atoms with E-state index >= 15 is 0 Å². The Bertz CT molecular complexity index is 2860. The molecular weight excluding hydrogens is 703 g/mol. The standard InChI is InChI=1S/C55H43N3/c1-54(2)50-34-45(58(41-21-9-6-10-22-41)43-26-24-37-16-12-14-18-39(37)32-43)28-30-47(50)52-51(54)35-48-46-29-27-44(33-49(46)55(3,4)53(48)56-52)57(40-19-7-5-8-20-40)42-25-23-36-15-11-13-17-38(36)31-42/h5-35H,1-4H3. The highest BCUT2D eigenvalue weighted by Gasteiger charge is 2.43. The van der Waals surface area contributed by atoms with Crippen LogP contribution >= 0.6 is 0 Å². The normalized spacial score (nSPS) is 14.1. The van der Waals surface area contributed by atoms with E-state index in [2.05, 4.69) is 226 Å². The van der Waals surface area contributed by atoms with Gasteiger partial charge in [-0.25, -0.2) is 0 Å². The molecule has 2 aliphatic rings. The summed E-state index contributed by atoms with van der Waals surface area (Å²) in [7, 11) is 0. The molecule has 3 nitrogen and oxygen atoms in total. The average molecular weight is 746 g/mol. The summed E-state index contributed by atoms with van der Waals surface area (Å²) < 4.78 is 0. The van der Waals surface area contributed by atoms with Crippen LogP contribution in [0.1, 0.15) is 50.1 Å². The second-order valence-electron chi connectivity index (χ2n) is 16.9. The number of pyridine rings is 1. The fourth-order valence-electron chi connectivity index (χ4n) is 9.65. The van der Waals surface area contributed by atoms with Crippen molar-refractivity contribution in [1.29, 1.82) is 0 Å². The van der Waals surface area contributed by atoms with E-state index in [-0.39, 0.29) is 10.8 Å². The third kappa shape index (κ3) is 5.23. The zero-order valence-corrected chi connectivity index (χ0v) is 33.2. The van der Waals surface area contributed by atoms with Crippen LogP contribution in [-0.2, 0) is 10.8 Å². The summed E-state index contributed by atoms with van der Waals surface area (Å²) in [6.07, 6.45) is 0. The van der Waals surface area contributed by atoms with Gasteiger partial charge in [-0.1, -0.05) is 137 Å². The Morgan fingerprint density at radius 1 is 0.328 bits per heavy atom. The highest BCUT2D eigenvalue weighted by Crippen LogP contribution is 2.56. The maximum absolute atomic E-state index is 5.66. The van der Waals surface area contributed by atoms with E-state index in [0.29, 0.717) is 0 Å². The first-order valence-electron chi connectivity index (χ1n) is 20.3. The molecule has 9 aromatic rings. The van der Waals surface area contributed by atoms with E-state index in [4.69, 9.17) is 4.98 Å². The zero-order valence-electron chi connectivity index (χ0n) is 33.2. The van der Waals surface area contributed by atoms with Crippen LogP contribution in [0.5, 0.6) is 0 Å². The highest BCUT2D eigenvalue weighted by molar-refractivity contribution is 5.93. The van der Waals surface area contributed by atoms with Crippen molar-refractivity contribution in [2.75, 3.05) is 9.80 Å². The van der Waals surface area contributed by atoms with Gasteiger partial charge < -0.3 is 9.80 Å². The molecule has 1 aromatic heterocycles. The first-order chi connectivity index (χ1) is 28.3. The van der Waals surface area contributed by atoms with Gasteiger partial charge in [-0.05, 0) is 123 Å². The molecule has 0 N–H and O–H groups in total. The van der Waals surface area contributed by atoms with Crippen molar-refractivity contribution in [2.45, 2.75) is 38.5 Å². The van der Waals surface area contributed by atoms with Gasteiger partial charge in [0.25, 0.3) is 0 Å². The summed E-state index contributed by atoms with van der Waals surface area (Å²) in [6.45, 7) is 9.41. The molecule has 2 aliphatic carbocycles. The molecule has 0 unspecified atom stereocenters. The lowest BCUT2D eigenvalue weighted by Crippen LogP contribution is -2.19. The molecule has 0 atom stereocenters. The molecular formula is C55H43N3. The maximum Gasteiger partial charge on any atom is 0.0750 e. The Hall–Kier alpha value is -6.97. The largest absolute Gasteiger partial charge is 0.310 e. The second kappa shape index (κ2) is 12.8. The Balaban J connectivity index is 1.01. The Labute approximate surface area is 340 Å². The zero-order chi connectivity index (χ0) is 39.2. The minimum absolute atomic E-state index is 0.249. The minimum Gasteiger partial charge on any atom is -0.310 e. The van der Waals surface area contributed by atoms with E-state index in [0.717, 1.165) is 45.5 Å². The second-order valence-corrected chi connectivity index (χ2v) is 16.9. The highest BCUT2D eigenvalue weighted by atomic mass is 15.1. The third-order valence-corrected chi connectivity index (χ3v) is 12.7. The van der Waals surface area contributed by atoms with E-state index in [9.17, 15) is 0 Å². The summed E-state index contributed by atoms with van der Waals surface area (Å²) >= 11 is 0. The van der Waals surface area contributed by atoms with Gasteiger partial charge in [0, 0.05) is 56.1 Å². The lowest BCUT2D eigenvalue weighted by molar-refractivity contribution is 0.631. The summed E-state index contributed by atoms with van der Waals surface area (Å²) in [6, 6.07) is 68.6. The lowest BCUT2D eigenvalue weighted by Gasteiger charge is -2.28. The van der Waals surface area contributed by atoms with Crippen molar-refractivity contribution >= 4 is 55.7 Å². The SMILES string of the molecule is CC1(C)c2cc(N(c3ccccc3)c3ccc4ccccc4c3)ccc2-c2nc3c(cc21)-c1ccc(N(c2ccccc2)c2ccc4ccccc4c2)cc1C3(C)C. The van der Waals surface area contributed by atoms with Gasteiger partial charge >= 0.3 is 0 Å². The van der Waals surface area contributed by atoms with Gasteiger partial charge in [0.2, 0.25) is 0 Å². The Kier molecular flexibility index (Phi) is 7.55. The number of nitrogens with zero attached hydrogens (tertiary/aromatic N) is 3. The number of fused-ring (bicyclic) bond motifs is 8. The molecule has 58 heavy (non-hydrogen) atoms. The van der Waals surface area contributed by atoms with E-state index in [1.165, 1.54) is 54.9 Å². The molecule has 11 rings (SSSR count). The molecule has 3 heteroatoms. The van der Waals surface area contributed by atoms with Crippen molar-refractivity contribution in [1.82, 2.24) is 4.98 Å². The fraction of sp³-hybridized carbons (Fsp3) is 0.109. The Morgan fingerprint density at radius 3 is 1.29 bits per heavy atom. The molecule has 0 spiro atoms. The van der Waals surface area contributed by atoms with Gasteiger partial charge in [0.1, 0.15) is 0 Å². The predicted molar refractivity (Wildman–Crippen MR) is 244 cm³/mol. The van der Waals surface area contributed by atoms with Crippen molar-refractivity contribution in [3.05, 3.63) is 210 Å². The molecule has 1 heterocycles. The average Bonchev–Trinajstić information content (AvgIpc) is 3.62. The van der Waals surface area contributed by atoms with Crippen molar-refractivity contribution in [2.24, 2.45) is 0 Å². The van der Waals surface area contributed by atoms with Crippen molar-refractivity contribution in [3.63, 3.8) is 0 Å². The number of hydrogen-bond acceptors (Lipinski definition) is 3. The van der Waals surface area contributed by atoms with E-state index in [1.807, 2.05) is 0 Å². The van der Waals surface area contributed by atoms with Crippen LogP contribution in [-0.4, -0.2) is 4.98 Å². The van der Waals surface area contributed by atoms with Crippen LogP contribution in [0.3, 0.4) is 0 Å². The number of para-hydroxylation sites is 2. The van der Waals surface area contributed by atoms with Gasteiger partial charge in [-0.2, -0.15) is 0 Å². The number of anilines is 6. The summed E-state index contributed by atoms with van der Waals surface area (Å²) in [5, 5.41) is 4.93. The molecule has 8 aromatic carbocycles. The number of benzene rings is 8. The quantitative estimate of drug-likeness (QED) is 0.169. The lowest BCUT2D eigenvalue weighted by atomic mass is 9.81. The number of aromatic nitrogens is 1. The molecule has 0 bridgehead atoms.